The molecule has 2 aromatic heterocycles. The zero-order chi connectivity index (χ0) is 15.7. The summed E-state index contributed by atoms with van der Waals surface area (Å²) in [5.74, 6) is 0.475. The van der Waals surface area contributed by atoms with Crippen LogP contribution in [0, 0.1) is 0 Å². The van der Waals surface area contributed by atoms with Crippen LogP contribution in [0.2, 0.25) is 0 Å². The number of nitrogens with zero attached hydrogens (tertiary/aromatic N) is 4. The second kappa shape index (κ2) is 5.76. The van der Waals surface area contributed by atoms with Gasteiger partial charge in [-0.1, -0.05) is 15.9 Å². The van der Waals surface area contributed by atoms with E-state index in [1.165, 1.54) is 6.20 Å². The van der Waals surface area contributed by atoms with Gasteiger partial charge < -0.3 is 10.1 Å². The Morgan fingerprint density at radius 2 is 2.00 bits per heavy atom. The Morgan fingerprint density at radius 1 is 1.27 bits per heavy atom. The third-order valence-electron chi connectivity index (χ3n) is 3.32. The van der Waals surface area contributed by atoms with E-state index in [9.17, 15) is 10.0 Å². The maximum Gasteiger partial charge on any atom is 0.384 e. The van der Waals surface area contributed by atoms with Crippen molar-refractivity contribution in [1.82, 2.24) is 14.7 Å². The number of aromatic nitrogens is 3. The molecule has 7 heteroatoms. The van der Waals surface area contributed by atoms with Crippen molar-refractivity contribution in [3.63, 3.8) is 0 Å². The maximum absolute atomic E-state index is 11.9. The summed E-state index contributed by atoms with van der Waals surface area (Å²) in [5.41, 5.74) is 0.336. The molecule has 0 radical (unpaired) electrons. The second-order valence-electron chi connectivity index (χ2n) is 4.63. The number of hydrogen-bond acceptors (Lipinski definition) is 5. The van der Waals surface area contributed by atoms with Crippen LogP contribution in [-0.2, 0) is 0 Å². The average Bonchev–Trinajstić information content (AvgIpc) is 2.54. The molecule has 0 aliphatic rings. The van der Waals surface area contributed by atoms with Gasteiger partial charge in [0.05, 0.1) is 5.39 Å². The fourth-order valence-electron chi connectivity index (χ4n) is 2.31. The van der Waals surface area contributed by atoms with Crippen LogP contribution in [0.1, 0.15) is 6.92 Å². The van der Waals surface area contributed by atoms with Crippen LogP contribution < -0.4 is 10.6 Å². The van der Waals surface area contributed by atoms with Crippen molar-refractivity contribution in [2.24, 2.45) is 0 Å². The highest BCUT2D eigenvalue weighted by Gasteiger charge is 2.16. The molecule has 0 aliphatic heterocycles. The summed E-state index contributed by atoms with van der Waals surface area (Å²) in [6.07, 6.45) is 1.52. The molecule has 1 aromatic carbocycles. The Kier molecular flexibility index (Phi) is 3.81. The van der Waals surface area contributed by atoms with Gasteiger partial charge in [-0.05, 0) is 43.3 Å². The SMILES string of the molecule is CCN(c1ccc(Br)cc1)c1nc(=O)n(O)c2ncccc12. The van der Waals surface area contributed by atoms with Gasteiger partial charge in [-0.25, -0.2) is 9.78 Å². The lowest BCUT2D eigenvalue weighted by Crippen LogP contribution is -2.27. The van der Waals surface area contributed by atoms with Gasteiger partial charge in [-0.15, -0.1) is 4.73 Å². The summed E-state index contributed by atoms with van der Waals surface area (Å²) >= 11 is 3.40. The first-order valence-corrected chi connectivity index (χ1v) is 7.51. The van der Waals surface area contributed by atoms with Crippen molar-refractivity contribution in [3.05, 3.63) is 57.6 Å². The highest BCUT2D eigenvalue weighted by Crippen LogP contribution is 2.29. The van der Waals surface area contributed by atoms with E-state index in [1.54, 1.807) is 12.1 Å². The van der Waals surface area contributed by atoms with Gasteiger partial charge in [0.1, 0.15) is 5.82 Å². The lowest BCUT2D eigenvalue weighted by molar-refractivity contribution is 0.182. The summed E-state index contributed by atoms with van der Waals surface area (Å²) in [4.78, 5) is 21.9. The van der Waals surface area contributed by atoms with E-state index in [0.29, 0.717) is 22.5 Å². The van der Waals surface area contributed by atoms with Gasteiger partial charge in [0.2, 0.25) is 0 Å². The molecular weight excluding hydrogens is 348 g/mol. The Bertz CT molecular complexity index is 877. The molecule has 0 spiro atoms. The molecule has 3 aromatic rings. The minimum Gasteiger partial charge on any atom is -0.422 e. The predicted octanol–water partition coefficient (Wildman–Crippen LogP) is 2.95. The first-order valence-electron chi connectivity index (χ1n) is 6.72. The Balaban J connectivity index is 2.25. The number of pyridine rings is 1. The highest BCUT2D eigenvalue weighted by molar-refractivity contribution is 9.10. The van der Waals surface area contributed by atoms with Crippen molar-refractivity contribution in [3.8, 4) is 0 Å². The molecule has 22 heavy (non-hydrogen) atoms. The fourth-order valence-corrected chi connectivity index (χ4v) is 2.57. The van der Waals surface area contributed by atoms with Gasteiger partial charge in [-0.3, -0.25) is 0 Å². The van der Waals surface area contributed by atoms with Crippen molar-refractivity contribution in [2.45, 2.75) is 6.92 Å². The quantitative estimate of drug-likeness (QED) is 0.727. The van der Waals surface area contributed by atoms with Crippen LogP contribution in [0.4, 0.5) is 11.5 Å². The minimum atomic E-state index is -0.753. The Hall–Kier alpha value is -2.41. The van der Waals surface area contributed by atoms with E-state index in [2.05, 4.69) is 25.9 Å². The van der Waals surface area contributed by atoms with E-state index in [4.69, 9.17) is 0 Å². The van der Waals surface area contributed by atoms with Gasteiger partial charge in [-0.2, -0.15) is 4.98 Å². The van der Waals surface area contributed by atoms with Crippen molar-refractivity contribution in [1.29, 1.82) is 0 Å². The average molecular weight is 361 g/mol. The van der Waals surface area contributed by atoms with E-state index in [-0.39, 0.29) is 5.65 Å². The van der Waals surface area contributed by atoms with Gasteiger partial charge in [0.15, 0.2) is 5.65 Å². The van der Waals surface area contributed by atoms with Crippen molar-refractivity contribution in [2.75, 3.05) is 11.4 Å². The third-order valence-corrected chi connectivity index (χ3v) is 3.85. The molecule has 3 rings (SSSR count). The minimum absolute atomic E-state index is 0.188. The molecule has 0 saturated heterocycles. The predicted molar refractivity (Wildman–Crippen MR) is 87.8 cm³/mol. The molecule has 6 nitrogen and oxygen atoms in total. The first-order chi connectivity index (χ1) is 10.6. The maximum atomic E-state index is 11.9. The Labute approximate surface area is 134 Å². The molecule has 0 fully saturated rings. The van der Waals surface area contributed by atoms with Crippen LogP contribution >= 0.6 is 15.9 Å². The molecule has 1 N–H and O–H groups in total. The number of fused-ring (bicyclic) bond motifs is 1. The number of benzene rings is 1. The molecule has 0 atom stereocenters. The number of hydrogen-bond donors (Lipinski definition) is 1. The smallest absolute Gasteiger partial charge is 0.384 e. The topological polar surface area (TPSA) is 71.2 Å². The van der Waals surface area contributed by atoms with Crippen molar-refractivity contribution < 1.29 is 5.21 Å². The first kappa shape index (κ1) is 14.5. The summed E-state index contributed by atoms with van der Waals surface area (Å²) in [7, 11) is 0. The number of halogens is 1. The fraction of sp³-hybridized carbons (Fsp3) is 0.133. The lowest BCUT2D eigenvalue weighted by Gasteiger charge is -2.23. The number of anilines is 2. The van der Waals surface area contributed by atoms with E-state index >= 15 is 0 Å². The summed E-state index contributed by atoms with van der Waals surface area (Å²) < 4.78 is 1.44. The van der Waals surface area contributed by atoms with Gasteiger partial charge >= 0.3 is 5.69 Å². The van der Waals surface area contributed by atoms with E-state index in [0.717, 1.165) is 10.2 Å². The zero-order valence-electron chi connectivity index (χ0n) is 11.8. The van der Waals surface area contributed by atoms with Gasteiger partial charge in [0.25, 0.3) is 0 Å². The normalized spacial score (nSPS) is 10.8. The molecule has 0 amide bonds. The van der Waals surface area contributed by atoms with Crippen LogP contribution in [0.5, 0.6) is 0 Å². The molecule has 0 unspecified atom stereocenters. The lowest BCUT2D eigenvalue weighted by atomic mass is 10.2. The molecule has 0 saturated carbocycles. The molecule has 2 heterocycles. The van der Waals surface area contributed by atoms with Gasteiger partial charge in [0, 0.05) is 22.9 Å². The molecular formula is C15H13BrN4O2. The van der Waals surface area contributed by atoms with Crippen LogP contribution in [0.25, 0.3) is 11.0 Å². The molecule has 112 valence electrons. The van der Waals surface area contributed by atoms with Crippen LogP contribution in [-0.4, -0.2) is 26.5 Å². The second-order valence-corrected chi connectivity index (χ2v) is 5.54. The summed E-state index contributed by atoms with van der Waals surface area (Å²) in [6, 6.07) is 11.2. The van der Waals surface area contributed by atoms with Crippen LogP contribution in [0.15, 0.2) is 51.9 Å². The standard InChI is InChI=1S/C15H13BrN4O2/c1-2-19(11-7-5-10(16)6-8-11)14-12-4-3-9-17-13(12)20(22)15(21)18-14/h3-9,22H,2H2,1H3. The Morgan fingerprint density at radius 3 is 2.68 bits per heavy atom. The third kappa shape index (κ3) is 2.43. The van der Waals surface area contributed by atoms with E-state index in [1.807, 2.05) is 36.1 Å². The summed E-state index contributed by atoms with van der Waals surface area (Å²) in [6.45, 7) is 2.59. The van der Waals surface area contributed by atoms with E-state index < -0.39 is 5.69 Å². The van der Waals surface area contributed by atoms with Crippen LogP contribution in [0.3, 0.4) is 0 Å². The molecule has 0 bridgehead atoms. The summed E-state index contributed by atoms with van der Waals surface area (Å²) in [5, 5.41) is 10.4. The largest absolute Gasteiger partial charge is 0.422 e. The molecule has 0 aliphatic carbocycles. The van der Waals surface area contributed by atoms with Crippen molar-refractivity contribution >= 4 is 38.5 Å². The number of rotatable bonds is 3. The zero-order valence-corrected chi connectivity index (χ0v) is 13.4. The highest BCUT2D eigenvalue weighted by atomic mass is 79.9. The monoisotopic (exact) mass is 360 g/mol.